The lowest BCUT2D eigenvalue weighted by atomic mass is 9.90. The van der Waals surface area contributed by atoms with Crippen LogP contribution in [0.15, 0.2) is 108 Å². The van der Waals surface area contributed by atoms with Gasteiger partial charge in [0.15, 0.2) is 0 Å². The van der Waals surface area contributed by atoms with Gasteiger partial charge in [0.1, 0.15) is 5.75 Å². The van der Waals surface area contributed by atoms with Gasteiger partial charge in [-0.2, -0.15) is 13.2 Å². The molecule has 0 saturated carbocycles. The Hall–Kier alpha value is -2.80. The quantitative estimate of drug-likeness (QED) is 0.159. The van der Waals surface area contributed by atoms with Crippen molar-refractivity contribution < 1.29 is 17.9 Å². The lowest BCUT2D eigenvalue weighted by molar-refractivity contribution is -0.137. The molecule has 0 heterocycles. The number of rotatable bonds is 11. The molecule has 0 radical (unpaired) electrons. The van der Waals surface area contributed by atoms with Crippen LogP contribution >= 0.6 is 27.5 Å². The first-order chi connectivity index (χ1) is 18.3. The van der Waals surface area contributed by atoms with E-state index in [2.05, 4.69) is 45.1 Å². The summed E-state index contributed by atoms with van der Waals surface area (Å²) >= 11 is 9.79. The molecule has 38 heavy (non-hydrogen) atoms. The maximum absolute atomic E-state index is 13.5. The minimum Gasteiger partial charge on any atom is -0.492 e. The van der Waals surface area contributed by atoms with E-state index >= 15 is 0 Å². The van der Waals surface area contributed by atoms with Gasteiger partial charge in [0, 0.05) is 25.6 Å². The number of alkyl halides is 3. The zero-order chi connectivity index (χ0) is 27.0. The van der Waals surface area contributed by atoms with Gasteiger partial charge in [-0.05, 0) is 57.2 Å². The lowest BCUT2D eigenvalue weighted by Crippen LogP contribution is -2.31. The molecule has 4 aromatic carbocycles. The maximum atomic E-state index is 13.5. The normalized spacial score (nSPS) is 11.8. The number of halogens is 5. The minimum absolute atomic E-state index is 0.0335. The number of hydrogen-bond donors (Lipinski definition) is 0. The van der Waals surface area contributed by atoms with E-state index < -0.39 is 11.7 Å². The molecule has 0 N–H and O–H groups in total. The smallest absolute Gasteiger partial charge is 0.417 e. The molecule has 2 nitrogen and oxygen atoms in total. The van der Waals surface area contributed by atoms with Crippen molar-refractivity contribution in [2.24, 2.45) is 0 Å². The first-order valence-corrected chi connectivity index (χ1v) is 13.5. The van der Waals surface area contributed by atoms with Crippen molar-refractivity contribution in [3.05, 3.63) is 135 Å². The highest BCUT2D eigenvalue weighted by atomic mass is 79.9. The molecule has 0 bridgehead atoms. The van der Waals surface area contributed by atoms with Gasteiger partial charge in [-0.3, -0.25) is 4.90 Å². The molecular weight excluding hydrogens is 575 g/mol. The van der Waals surface area contributed by atoms with Crippen LogP contribution in [-0.4, -0.2) is 24.6 Å². The molecule has 4 rings (SSSR count). The highest BCUT2D eigenvalue weighted by Gasteiger charge is 2.34. The van der Waals surface area contributed by atoms with Gasteiger partial charge in [0.05, 0.1) is 21.7 Å². The van der Waals surface area contributed by atoms with Crippen molar-refractivity contribution in [3.8, 4) is 5.75 Å². The SMILES string of the molecule is FC(F)(F)c1cccc(CN(CCCOc2ccccc2Br)CC(c2ccccc2)c2ccccc2)c1Cl. The monoisotopic (exact) mass is 601 g/mol. The van der Waals surface area contributed by atoms with Gasteiger partial charge in [-0.15, -0.1) is 0 Å². The summed E-state index contributed by atoms with van der Waals surface area (Å²) < 4.78 is 47.5. The van der Waals surface area contributed by atoms with E-state index in [4.69, 9.17) is 16.3 Å². The average Bonchev–Trinajstić information content (AvgIpc) is 2.91. The molecule has 0 aliphatic heterocycles. The van der Waals surface area contributed by atoms with Crippen LogP contribution < -0.4 is 4.74 Å². The summed E-state index contributed by atoms with van der Waals surface area (Å²) in [6.07, 6.45) is -3.82. The fourth-order valence-corrected chi connectivity index (χ4v) is 5.15. The van der Waals surface area contributed by atoms with Crippen LogP contribution in [0.1, 0.15) is 34.6 Å². The summed E-state index contributed by atoms with van der Waals surface area (Å²) in [5.74, 6) is 0.789. The van der Waals surface area contributed by atoms with E-state index in [1.165, 1.54) is 6.07 Å². The number of hydrogen-bond acceptors (Lipinski definition) is 2. The van der Waals surface area contributed by atoms with Gasteiger partial charge >= 0.3 is 6.18 Å². The minimum atomic E-state index is -4.51. The third-order valence-electron chi connectivity index (χ3n) is 6.34. The Bertz CT molecular complexity index is 1260. The summed E-state index contributed by atoms with van der Waals surface area (Å²) in [5.41, 5.74) is 1.93. The second-order valence-electron chi connectivity index (χ2n) is 9.02. The van der Waals surface area contributed by atoms with E-state index in [-0.39, 0.29) is 17.5 Å². The second kappa shape index (κ2) is 13.3. The van der Waals surface area contributed by atoms with E-state index in [0.29, 0.717) is 31.7 Å². The van der Waals surface area contributed by atoms with Crippen LogP contribution in [-0.2, 0) is 12.7 Å². The first kappa shape index (κ1) is 28.2. The number of nitrogens with zero attached hydrogens (tertiary/aromatic N) is 1. The summed E-state index contributed by atoms with van der Waals surface area (Å²) in [6.45, 7) is 1.98. The molecule has 0 aliphatic carbocycles. The van der Waals surface area contributed by atoms with Crippen molar-refractivity contribution in [1.82, 2.24) is 4.90 Å². The zero-order valence-corrected chi connectivity index (χ0v) is 23.0. The summed E-state index contributed by atoms with van der Waals surface area (Å²) in [7, 11) is 0. The molecule has 0 aromatic heterocycles. The van der Waals surface area contributed by atoms with Crippen LogP contribution in [0.5, 0.6) is 5.75 Å². The lowest BCUT2D eigenvalue weighted by Gasteiger charge is -2.29. The number of ether oxygens (including phenoxy) is 1. The Labute approximate surface area is 235 Å². The Morgan fingerprint density at radius 2 is 1.39 bits per heavy atom. The Morgan fingerprint density at radius 3 is 2.00 bits per heavy atom. The fourth-order valence-electron chi connectivity index (χ4n) is 4.46. The van der Waals surface area contributed by atoms with Crippen molar-refractivity contribution in [2.45, 2.75) is 25.1 Å². The van der Waals surface area contributed by atoms with Crippen LogP contribution in [0.2, 0.25) is 5.02 Å². The molecule has 4 aromatic rings. The van der Waals surface area contributed by atoms with Gasteiger partial charge < -0.3 is 4.74 Å². The highest BCUT2D eigenvalue weighted by molar-refractivity contribution is 9.10. The van der Waals surface area contributed by atoms with Gasteiger partial charge in [0.2, 0.25) is 0 Å². The standard InChI is InChI=1S/C31H28BrClF3NO/c32-28-17-7-8-18-29(28)38-20-10-19-37(21-25-15-9-16-27(30(25)33)31(34,35)36)22-26(23-11-3-1-4-12-23)24-13-5-2-6-14-24/h1-9,11-18,26H,10,19-22H2. The largest absolute Gasteiger partial charge is 0.492 e. The third-order valence-corrected chi connectivity index (χ3v) is 7.44. The van der Waals surface area contributed by atoms with Crippen molar-refractivity contribution >= 4 is 27.5 Å². The third kappa shape index (κ3) is 7.62. The Morgan fingerprint density at radius 1 is 0.789 bits per heavy atom. The van der Waals surface area contributed by atoms with Crippen LogP contribution in [0.25, 0.3) is 0 Å². The Balaban J connectivity index is 1.58. The van der Waals surface area contributed by atoms with E-state index in [0.717, 1.165) is 27.4 Å². The summed E-state index contributed by atoms with van der Waals surface area (Å²) in [6, 6.07) is 32.1. The second-order valence-corrected chi connectivity index (χ2v) is 10.3. The summed E-state index contributed by atoms with van der Waals surface area (Å²) in [5, 5.41) is -0.245. The molecule has 0 unspecified atom stereocenters. The maximum Gasteiger partial charge on any atom is 0.417 e. The molecule has 0 fully saturated rings. The van der Waals surface area contributed by atoms with Gasteiger partial charge in [-0.25, -0.2) is 0 Å². The average molecular weight is 603 g/mol. The van der Waals surface area contributed by atoms with Crippen LogP contribution in [0, 0.1) is 0 Å². The van der Waals surface area contributed by atoms with E-state index in [1.807, 2.05) is 60.7 Å². The van der Waals surface area contributed by atoms with E-state index in [9.17, 15) is 13.2 Å². The molecule has 7 heteroatoms. The zero-order valence-electron chi connectivity index (χ0n) is 20.7. The predicted molar refractivity (Wildman–Crippen MR) is 151 cm³/mol. The molecule has 0 amide bonds. The molecule has 0 atom stereocenters. The van der Waals surface area contributed by atoms with Crippen molar-refractivity contribution in [2.75, 3.05) is 19.7 Å². The molecule has 0 spiro atoms. The van der Waals surface area contributed by atoms with Crippen molar-refractivity contribution in [3.63, 3.8) is 0 Å². The van der Waals surface area contributed by atoms with Crippen LogP contribution in [0.3, 0.4) is 0 Å². The molecular formula is C31H28BrClF3NO. The van der Waals surface area contributed by atoms with E-state index in [1.54, 1.807) is 6.07 Å². The fraction of sp³-hybridized carbons (Fsp3) is 0.226. The first-order valence-electron chi connectivity index (χ1n) is 12.4. The van der Waals surface area contributed by atoms with Gasteiger partial charge in [0.25, 0.3) is 0 Å². The highest BCUT2D eigenvalue weighted by Crippen LogP contribution is 2.37. The Kier molecular flexibility index (Phi) is 9.89. The molecule has 0 aliphatic rings. The van der Waals surface area contributed by atoms with Crippen LogP contribution in [0.4, 0.5) is 13.2 Å². The topological polar surface area (TPSA) is 12.5 Å². The number of benzene rings is 4. The molecule has 198 valence electrons. The van der Waals surface area contributed by atoms with Crippen molar-refractivity contribution in [1.29, 1.82) is 0 Å². The predicted octanol–water partition coefficient (Wildman–Crippen LogP) is 9.22. The summed E-state index contributed by atoms with van der Waals surface area (Å²) in [4.78, 5) is 2.16. The van der Waals surface area contributed by atoms with Gasteiger partial charge in [-0.1, -0.05) is 96.5 Å². The molecule has 0 saturated heterocycles. The number of para-hydroxylation sites is 1.